The van der Waals surface area contributed by atoms with Gasteiger partial charge in [-0.1, -0.05) is 35.9 Å². The summed E-state index contributed by atoms with van der Waals surface area (Å²) in [6.07, 6.45) is 0. The van der Waals surface area contributed by atoms with Gasteiger partial charge in [0.15, 0.2) is 6.61 Å². The van der Waals surface area contributed by atoms with Crippen LogP contribution >= 0.6 is 0 Å². The van der Waals surface area contributed by atoms with Crippen molar-refractivity contribution in [2.24, 2.45) is 0 Å². The summed E-state index contributed by atoms with van der Waals surface area (Å²) >= 11 is 0. The first-order valence-electron chi connectivity index (χ1n) is 7.19. The predicted octanol–water partition coefficient (Wildman–Crippen LogP) is 3.01. The van der Waals surface area contributed by atoms with Crippen molar-refractivity contribution < 1.29 is 14.3 Å². The molecular weight excluding hydrogens is 278 g/mol. The van der Waals surface area contributed by atoms with E-state index in [-0.39, 0.29) is 12.5 Å². The molecule has 0 aliphatic heterocycles. The van der Waals surface area contributed by atoms with Crippen molar-refractivity contribution >= 4 is 5.91 Å². The number of methoxy groups -OCH3 is 1. The third-order valence-corrected chi connectivity index (χ3v) is 3.29. The number of hydrogen-bond donors (Lipinski definition) is 1. The van der Waals surface area contributed by atoms with Gasteiger partial charge in [-0.25, -0.2) is 0 Å². The quantitative estimate of drug-likeness (QED) is 0.892. The highest BCUT2D eigenvalue weighted by Crippen LogP contribution is 2.24. The third kappa shape index (κ3) is 4.25. The molecule has 2 aromatic rings. The molecule has 0 saturated carbocycles. The number of amides is 1. The molecule has 4 nitrogen and oxygen atoms in total. The zero-order chi connectivity index (χ0) is 15.9. The molecule has 2 aromatic carbocycles. The lowest BCUT2D eigenvalue weighted by Crippen LogP contribution is -2.28. The fourth-order valence-corrected chi connectivity index (χ4v) is 2.38. The number of rotatable bonds is 6. The molecule has 0 aliphatic rings. The molecule has 0 spiro atoms. The number of hydrogen-bond acceptors (Lipinski definition) is 3. The second-order valence-corrected chi connectivity index (χ2v) is 5.15. The topological polar surface area (TPSA) is 47.6 Å². The lowest BCUT2D eigenvalue weighted by atomic mass is 10.1. The van der Waals surface area contributed by atoms with Crippen LogP contribution in [0.15, 0.2) is 42.5 Å². The van der Waals surface area contributed by atoms with Crippen LogP contribution in [0.5, 0.6) is 11.5 Å². The molecule has 116 valence electrons. The monoisotopic (exact) mass is 299 g/mol. The summed E-state index contributed by atoms with van der Waals surface area (Å²) in [5, 5.41) is 2.85. The standard InChI is InChI=1S/C18H21NO3/c1-13-9-14(2)18(21-3)15(10-13)11-19-17(20)12-22-16-7-5-4-6-8-16/h4-10H,11-12H2,1-3H3,(H,19,20). The number of para-hydroxylation sites is 1. The Hall–Kier alpha value is -2.49. The van der Waals surface area contributed by atoms with E-state index in [1.165, 1.54) is 0 Å². The van der Waals surface area contributed by atoms with E-state index in [0.29, 0.717) is 12.3 Å². The maximum Gasteiger partial charge on any atom is 0.258 e. The van der Waals surface area contributed by atoms with Gasteiger partial charge in [0.05, 0.1) is 7.11 Å². The van der Waals surface area contributed by atoms with Gasteiger partial charge in [0.1, 0.15) is 11.5 Å². The number of carbonyl (C=O) groups excluding carboxylic acids is 1. The summed E-state index contributed by atoms with van der Waals surface area (Å²) in [5.74, 6) is 1.33. The minimum absolute atomic E-state index is 0.00285. The van der Waals surface area contributed by atoms with Crippen molar-refractivity contribution in [3.05, 3.63) is 59.2 Å². The Morgan fingerprint density at radius 1 is 1.14 bits per heavy atom. The smallest absolute Gasteiger partial charge is 0.258 e. The van der Waals surface area contributed by atoms with Gasteiger partial charge in [0, 0.05) is 12.1 Å². The van der Waals surface area contributed by atoms with E-state index >= 15 is 0 Å². The van der Waals surface area contributed by atoms with Crippen LogP contribution in [0.2, 0.25) is 0 Å². The molecular formula is C18H21NO3. The minimum atomic E-state index is -0.162. The second-order valence-electron chi connectivity index (χ2n) is 5.15. The summed E-state index contributed by atoms with van der Waals surface area (Å²) in [4.78, 5) is 11.9. The average molecular weight is 299 g/mol. The first-order valence-corrected chi connectivity index (χ1v) is 7.19. The molecule has 2 rings (SSSR count). The van der Waals surface area contributed by atoms with Crippen molar-refractivity contribution in [2.75, 3.05) is 13.7 Å². The van der Waals surface area contributed by atoms with Gasteiger partial charge in [0.25, 0.3) is 5.91 Å². The number of nitrogens with one attached hydrogen (secondary N) is 1. The van der Waals surface area contributed by atoms with Gasteiger partial charge in [0.2, 0.25) is 0 Å². The van der Waals surface area contributed by atoms with Gasteiger partial charge < -0.3 is 14.8 Å². The molecule has 1 amide bonds. The van der Waals surface area contributed by atoms with Crippen LogP contribution in [-0.4, -0.2) is 19.6 Å². The first-order chi connectivity index (χ1) is 10.6. The summed E-state index contributed by atoms with van der Waals surface area (Å²) in [7, 11) is 1.64. The van der Waals surface area contributed by atoms with E-state index in [4.69, 9.17) is 9.47 Å². The van der Waals surface area contributed by atoms with Crippen molar-refractivity contribution in [2.45, 2.75) is 20.4 Å². The Balaban J connectivity index is 1.91. The van der Waals surface area contributed by atoms with Crippen molar-refractivity contribution in [3.8, 4) is 11.5 Å². The highest BCUT2D eigenvalue weighted by Gasteiger charge is 2.09. The molecule has 22 heavy (non-hydrogen) atoms. The van der Waals surface area contributed by atoms with Crippen LogP contribution in [0, 0.1) is 13.8 Å². The lowest BCUT2D eigenvalue weighted by molar-refractivity contribution is -0.123. The third-order valence-electron chi connectivity index (χ3n) is 3.29. The van der Waals surface area contributed by atoms with Gasteiger partial charge in [-0.2, -0.15) is 0 Å². The van der Waals surface area contributed by atoms with Crippen LogP contribution in [0.25, 0.3) is 0 Å². The highest BCUT2D eigenvalue weighted by molar-refractivity contribution is 5.77. The zero-order valence-corrected chi connectivity index (χ0v) is 13.2. The normalized spacial score (nSPS) is 10.1. The van der Waals surface area contributed by atoms with Crippen LogP contribution in [0.3, 0.4) is 0 Å². The van der Waals surface area contributed by atoms with Crippen molar-refractivity contribution in [1.29, 1.82) is 0 Å². The summed E-state index contributed by atoms with van der Waals surface area (Å²) in [5.41, 5.74) is 3.17. The Kier molecular flexibility index (Phi) is 5.42. The zero-order valence-electron chi connectivity index (χ0n) is 13.2. The lowest BCUT2D eigenvalue weighted by Gasteiger charge is -2.14. The Bertz CT molecular complexity index is 638. The van der Waals surface area contributed by atoms with Crippen molar-refractivity contribution in [3.63, 3.8) is 0 Å². The SMILES string of the molecule is COc1c(C)cc(C)cc1CNC(=O)COc1ccccc1. The van der Waals surface area contributed by atoms with E-state index in [2.05, 4.69) is 11.4 Å². The molecule has 0 fully saturated rings. The Morgan fingerprint density at radius 3 is 2.55 bits per heavy atom. The molecule has 1 N–H and O–H groups in total. The predicted molar refractivity (Wildman–Crippen MR) is 86.3 cm³/mol. The van der Waals surface area contributed by atoms with E-state index in [0.717, 1.165) is 22.4 Å². The molecule has 4 heteroatoms. The van der Waals surface area contributed by atoms with Crippen LogP contribution in [-0.2, 0) is 11.3 Å². The molecule has 0 bridgehead atoms. The molecule has 0 atom stereocenters. The number of aryl methyl sites for hydroxylation is 2. The average Bonchev–Trinajstić information content (AvgIpc) is 2.51. The Morgan fingerprint density at radius 2 is 1.86 bits per heavy atom. The van der Waals surface area contributed by atoms with Gasteiger partial charge in [-0.3, -0.25) is 4.79 Å². The molecule has 0 heterocycles. The fourth-order valence-electron chi connectivity index (χ4n) is 2.38. The molecule has 0 aromatic heterocycles. The van der Waals surface area contributed by atoms with E-state index in [1.54, 1.807) is 7.11 Å². The largest absolute Gasteiger partial charge is 0.496 e. The van der Waals surface area contributed by atoms with Crippen LogP contribution in [0.4, 0.5) is 0 Å². The molecule has 0 unspecified atom stereocenters. The van der Waals surface area contributed by atoms with Gasteiger partial charge in [-0.05, 0) is 31.5 Å². The second kappa shape index (κ2) is 7.50. The van der Waals surface area contributed by atoms with Crippen LogP contribution < -0.4 is 14.8 Å². The molecule has 0 radical (unpaired) electrons. The number of ether oxygens (including phenoxy) is 2. The maximum atomic E-state index is 11.9. The Labute approximate surface area is 131 Å². The van der Waals surface area contributed by atoms with Gasteiger partial charge in [-0.15, -0.1) is 0 Å². The molecule has 0 saturated heterocycles. The van der Waals surface area contributed by atoms with E-state index in [1.807, 2.05) is 50.2 Å². The maximum absolute atomic E-state index is 11.9. The summed E-state index contributed by atoms with van der Waals surface area (Å²) in [6.45, 7) is 4.44. The first kappa shape index (κ1) is 15.9. The van der Waals surface area contributed by atoms with Crippen molar-refractivity contribution in [1.82, 2.24) is 5.32 Å². The van der Waals surface area contributed by atoms with E-state index in [9.17, 15) is 4.79 Å². The van der Waals surface area contributed by atoms with Gasteiger partial charge >= 0.3 is 0 Å². The van der Waals surface area contributed by atoms with Crippen LogP contribution in [0.1, 0.15) is 16.7 Å². The summed E-state index contributed by atoms with van der Waals surface area (Å²) in [6, 6.07) is 13.4. The molecule has 0 aliphatic carbocycles. The number of benzene rings is 2. The minimum Gasteiger partial charge on any atom is -0.496 e. The van der Waals surface area contributed by atoms with E-state index < -0.39 is 0 Å². The summed E-state index contributed by atoms with van der Waals surface area (Å²) < 4.78 is 10.8. The fraction of sp³-hybridized carbons (Fsp3) is 0.278. The highest BCUT2D eigenvalue weighted by atomic mass is 16.5. The number of carbonyl (C=O) groups is 1.